The first-order valence-electron chi connectivity index (χ1n) is 11.0. The van der Waals surface area contributed by atoms with E-state index in [4.69, 9.17) is 18.6 Å². The SMILES string of the molecule is COc1cc2occ(-c3ccc(C)cc3)c2cc1/C(C)=C/C(=O)NCc1ccc2c(c1)OCO2. The van der Waals surface area contributed by atoms with Gasteiger partial charge in [0.2, 0.25) is 12.7 Å². The lowest BCUT2D eigenvalue weighted by Gasteiger charge is -2.10. The number of methoxy groups -OCH3 is 1. The van der Waals surface area contributed by atoms with Crippen LogP contribution in [0.25, 0.3) is 27.7 Å². The van der Waals surface area contributed by atoms with E-state index in [1.54, 1.807) is 19.4 Å². The molecule has 1 amide bonds. The monoisotopic (exact) mass is 455 g/mol. The molecule has 6 nitrogen and oxygen atoms in total. The third-order valence-corrected chi connectivity index (χ3v) is 5.93. The summed E-state index contributed by atoms with van der Waals surface area (Å²) in [6.45, 7) is 4.57. The van der Waals surface area contributed by atoms with E-state index in [1.807, 2.05) is 37.3 Å². The van der Waals surface area contributed by atoms with Crippen molar-refractivity contribution in [3.8, 4) is 28.4 Å². The van der Waals surface area contributed by atoms with Crippen molar-refractivity contribution >= 4 is 22.4 Å². The maximum absolute atomic E-state index is 12.7. The molecule has 0 spiro atoms. The summed E-state index contributed by atoms with van der Waals surface area (Å²) in [7, 11) is 1.61. The molecule has 1 aromatic heterocycles. The van der Waals surface area contributed by atoms with Gasteiger partial charge >= 0.3 is 0 Å². The largest absolute Gasteiger partial charge is 0.496 e. The van der Waals surface area contributed by atoms with Crippen LogP contribution in [0.4, 0.5) is 0 Å². The zero-order valence-corrected chi connectivity index (χ0v) is 19.3. The number of nitrogens with one attached hydrogen (secondary N) is 1. The Morgan fingerprint density at radius 1 is 1.06 bits per heavy atom. The molecule has 0 radical (unpaired) electrons. The van der Waals surface area contributed by atoms with Gasteiger partial charge in [-0.2, -0.15) is 0 Å². The number of amides is 1. The van der Waals surface area contributed by atoms with Gasteiger partial charge in [-0.25, -0.2) is 0 Å². The number of carbonyl (C=O) groups is 1. The second-order valence-corrected chi connectivity index (χ2v) is 8.30. The summed E-state index contributed by atoms with van der Waals surface area (Å²) in [4.78, 5) is 12.7. The van der Waals surface area contributed by atoms with Crippen molar-refractivity contribution in [1.82, 2.24) is 5.32 Å². The van der Waals surface area contributed by atoms with Gasteiger partial charge < -0.3 is 23.9 Å². The Morgan fingerprint density at radius 3 is 2.65 bits per heavy atom. The first-order chi connectivity index (χ1) is 16.5. The Kier molecular flexibility index (Phi) is 5.72. The van der Waals surface area contributed by atoms with Gasteiger partial charge in [-0.3, -0.25) is 4.79 Å². The first-order valence-corrected chi connectivity index (χ1v) is 11.0. The van der Waals surface area contributed by atoms with Crippen LogP contribution in [-0.4, -0.2) is 19.8 Å². The van der Waals surface area contributed by atoms with Crippen LogP contribution >= 0.6 is 0 Å². The molecule has 0 fully saturated rings. The Morgan fingerprint density at radius 2 is 1.85 bits per heavy atom. The van der Waals surface area contributed by atoms with E-state index in [9.17, 15) is 4.79 Å². The molecule has 0 saturated carbocycles. The average Bonchev–Trinajstić information content (AvgIpc) is 3.48. The van der Waals surface area contributed by atoms with Crippen molar-refractivity contribution in [2.24, 2.45) is 0 Å². The highest BCUT2D eigenvalue weighted by molar-refractivity contribution is 6.00. The number of hydrogen-bond acceptors (Lipinski definition) is 5. The molecule has 3 aromatic carbocycles. The molecule has 0 bridgehead atoms. The van der Waals surface area contributed by atoms with Gasteiger partial charge in [0.05, 0.1) is 13.4 Å². The molecule has 1 aliphatic heterocycles. The van der Waals surface area contributed by atoms with Gasteiger partial charge in [-0.15, -0.1) is 0 Å². The molecule has 0 unspecified atom stereocenters. The van der Waals surface area contributed by atoms with E-state index in [-0.39, 0.29) is 12.7 Å². The van der Waals surface area contributed by atoms with Gasteiger partial charge in [0.15, 0.2) is 11.5 Å². The first kappa shape index (κ1) is 21.6. The quantitative estimate of drug-likeness (QED) is 0.369. The van der Waals surface area contributed by atoms with Crippen LogP contribution in [0.2, 0.25) is 0 Å². The van der Waals surface area contributed by atoms with Gasteiger partial charge in [-0.1, -0.05) is 35.9 Å². The number of aryl methyl sites for hydroxylation is 1. The lowest BCUT2D eigenvalue weighted by atomic mass is 9.99. The average molecular weight is 456 g/mol. The molecule has 5 rings (SSSR count). The normalized spacial score (nSPS) is 12.7. The van der Waals surface area contributed by atoms with Crippen LogP contribution in [0.3, 0.4) is 0 Å². The Balaban J connectivity index is 1.39. The number of benzene rings is 3. The number of hydrogen-bond donors (Lipinski definition) is 1. The van der Waals surface area contributed by atoms with Gasteiger partial charge in [0.1, 0.15) is 11.3 Å². The molecule has 2 heterocycles. The Hall–Kier alpha value is -4.19. The van der Waals surface area contributed by atoms with Crippen LogP contribution in [0, 0.1) is 6.92 Å². The summed E-state index contributed by atoms with van der Waals surface area (Å²) in [5.41, 5.74) is 6.56. The third kappa shape index (κ3) is 4.22. The standard InChI is InChI=1S/C28H25NO5/c1-17-4-7-20(8-5-17)23-15-32-26-13-25(31-3)21(12-22(23)26)18(2)10-28(30)29-14-19-6-9-24-27(11-19)34-16-33-24/h4-13,15H,14,16H2,1-3H3,(H,29,30)/b18-10+. The van der Waals surface area contributed by atoms with Crippen LogP contribution in [0.15, 0.2) is 71.4 Å². The topological polar surface area (TPSA) is 69.9 Å². The van der Waals surface area contributed by atoms with Gasteiger partial charge in [0.25, 0.3) is 0 Å². The maximum atomic E-state index is 12.7. The lowest BCUT2D eigenvalue weighted by molar-refractivity contribution is -0.116. The summed E-state index contributed by atoms with van der Waals surface area (Å²) in [5, 5.41) is 3.90. The van der Waals surface area contributed by atoms with Crippen LogP contribution in [0.1, 0.15) is 23.6 Å². The molecule has 6 heteroatoms. The summed E-state index contributed by atoms with van der Waals surface area (Å²) >= 11 is 0. The van der Waals surface area contributed by atoms with Gasteiger partial charge in [-0.05, 0) is 48.7 Å². The van der Waals surface area contributed by atoms with Crippen molar-refractivity contribution in [2.75, 3.05) is 13.9 Å². The fourth-order valence-electron chi connectivity index (χ4n) is 4.05. The third-order valence-electron chi connectivity index (χ3n) is 5.93. The highest BCUT2D eigenvalue weighted by Crippen LogP contribution is 2.37. The molecule has 0 aliphatic carbocycles. The number of rotatable bonds is 6. The molecular formula is C28H25NO5. The second kappa shape index (κ2) is 8.98. The van der Waals surface area contributed by atoms with Crippen molar-refractivity contribution < 1.29 is 23.4 Å². The summed E-state index contributed by atoms with van der Waals surface area (Å²) < 4.78 is 22.1. The van der Waals surface area contributed by atoms with Crippen molar-refractivity contribution in [2.45, 2.75) is 20.4 Å². The number of carbonyl (C=O) groups excluding carboxylic acids is 1. The lowest BCUT2D eigenvalue weighted by Crippen LogP contribution is -2.20. The van der Waals surface area contributed by atoms with E-state index in [0.717, 1.165) is 44.5 Å². The van der Waals surface area contributed by atoms with Crippen LogP contribution in [-0.2, 0) is 11.3 Å². The van der Waals surface area contributed by atoms with Crippen LogP contribution < -0.4 is 19.5 Å². The number of furan rings is 1. The van der Waals surface area contributed by atoms with E-state index >= 15 is 0 Å². The smallest absolute Gasteiger partial charge is 0.244 e. The fraction of sp³-hybridized carbons (Fsp3) is 0.179. The molecule has 1 aliphatic rings. The van der Waals surface area contributed by atoms with E-state index in [0.29, 0.717) is 18.0 Å². The highest BCUT2D eigenvalue weighted by Gasteiger charge is 2.16. The van der Waals surface area contributed by atoms with E-state index < -0.39 is 0 Å². The minimum Gasteiger partial charge on any atom is -0.496 e. The minimum atomic E-state index is -0.191. The summed E-state index contributed by atoms with van der Waals surface area (Å²) in [6.07, 6.45) is 3.35. The molecule has 34 heavy (non-hydrogen) atoms. The van der Waals surface area contributed by atoms with Crippen molar-refractivity contribution in [3.63, 3.8) is 0 Å². The molecule has 0 atom stereocenters. The molecule has 172 valence electrons. The Bertz CT molecular complexity index is 1400. The Labute approximate surface area is 197 Å². The van der Waals surface area contributed by atoms with Crippen molar-refractivity contribution in [3.05, 3.63) is 83.6 Å². The number of allylic oxidation sites excluding steroid dienone is 1. The number of fused-ring (bicyclic) bond motifs is 2. The predicted molar refractivity (Wildman–Crippen MR) is 131 cm³/mol. The molecular weight excluding hydrogens is 430 g/mol. The second-order valence-electron chi connectivity index (χ2n) is 8.30. The van der Waals surface area contributed by atoms with E-state index in [2.05, 4.69) is 36.5 Å². The minimum absolute atomic E-state index is 0.191. The number of ether oxygens (including phenoxy) is 3. The van der Waals surface area contributed by atoms with E-state index in [1.165, 1.54) is 5.56 Å². The van der Waals surface area contributed by atoms with Crippen LogP contribution in [0.5, 0.6) is 17.2 Å². The zero-order valence-electron chi connectivity index (χ0n) is 19.3. The highest BCUT2D eigenvalue weighted by atomic mass is 16.7. The fourth-order valence-corrected chi connectivity index (χ4v) is 4.05. The zero-order chi connectivity index (χ0) is 23.7. The summed E-state index contributed by atoms with van der Waals surface area (Å²) in [6, 6.07) is 17.8. The van der Waals surface area contributed by atoms with Gasteiger partial charge in [0, 0.05) is 35.2 Å². The predicted octanol–water partition coefficient (Wildman–Crippen LogP) is 5.87. The summed E-state index contributed by atoms with van der Waals surface area (Å²) in [5.74, 6) is 1.87. The molecule has 4 aromatic rings. The van der Waals surface area contributed by atoms with Crippen molar-refractivity contribution in [1.29, 1.82) is 0 Å². The molecule has 0 saturated heterocycles. The maximum Gasteiger partial charge on any atom is 0.244 e. The molecule has 1 N–H and O–H groups in total.